The maximum absolute atomic E-state index is 13.8. The maximum Gasteiger partial charge on any atom is 0.363 e. The molecule has 2 atom stereocenters. The molecule has 5 rings (SSSR count). The number of hydrogen-bond acceptors (Lipinski definition) is 9. The van der Waals surface area contributed by atoms with Gasteiger partial charge in [0.05, 0.1) is 22.2 Å². The third-order valence-corrected chi connectivity index (χ3v) is 7.84. The fourth-order valence-corrected chi connectivity index (χ4v) is 5.28. The molecule has 0 saturated carbocycles. The van der Waals surface area contributed by atoms with Crippen LogP contribution in [0.25, 0.3) is 0 Å². The number of amides is 4. The molecule has 0 aliphatic carbocycles. The van der Waals surface area contributed by atoms with Gasteiger partial charge in [0.15, 0.2) is 0 Å². The van der Waals surface area contributed by atoms with Crippen LogP contribution in [0, 0.1) is 0 Å². The Morgan fingerprint density at radius 2 is 0.900 bits per heavy atom. The van der Waals surface area contributed by atoms with Gasteiger partial charge in [-0.1, -0.05) is 24.3 Å². The van der Waals surface area contributed by atoms with E-state index in [-0.39, 0.29) is 36.8 Å². The van der Waals surface area contributed by atoms with E-state index >= 15 is 0 Å². The monoisotopic (exact) mass is 548 g/mol. The van der Waals surface area contributed by atoms with Gasteiger partial charge in [-0.25, -0.2) is 9.59 Å². The molecule has 4 amide bonds. The average Bonchev–Trinajstić information content (AvgIpc) is 3.54. The molecule has 2 unspecified atom stereocenters. The second-order valence-electron chi connectivity index (χ2n) is 10.4. The molecule has 3 fully saturated rings. The molecule has 2 aromatic carbocycles. The Labute approximate surface area is 228 Å². The summed E-state index contributed by atoms with van der Waals surface area (Å²) in [5, 5.41) is 15.7. The Bertz CT molecular complexity index is 1280. The number of nitrogens with zero attached hydrogens (tertiary/aromatic N) is 3. The van der Waals surface area contributed by atoms with Gasteiger partial charge in [0, 0.05) is 25.7 Å². The van der Waals surface area contributed by atoms with Gasteiger partial charge in [-0.3, -0.25) is 19.2 Å². The largest absolute Gasteiger partial charge is 0.363 e. The predicted molar refractivity (Wildman–Crippen MR) is 132 cm³/mol. The van der Waals surface area contributed by atoms with E-state index in [0.717, 1.165) is 5.06 Å². The van der Waals surface area contributed by atoms with Crippen LogP contribution in [-0.2, 0) is 45.1 Å². The molecular formula is C28H26N3O9. The van der Waals surface area contributed by atoms with Crippen molar-refractivity contribution in [2.24, 2.45) is 0 Å². The van der Waals surface area contributed by atoms with Crippen molar-refractivity contribution in [2.75, 3.05) is 0 Å². The molecule has 3 aliphatic rings. The van der Waals surface area contributed by atoms with E-state index in [1.807, 2.05) is 0 Å². The normalized spacial score (nSPS) is 25.2. The fraction of sp³-hybridized carbons (Fsp3) is 0.357. The molecule has 40 heavy (non-hydrogen) atoms. The highest BCUT2D eigenvalue weighted by Gasteiger charge is 2.52. The van der Waals surface area contributed by atoms with E-state index in [1.165, 1.54) is 24.3 Å². The Morgan fingerprint density at radius 3 is 1.20 bits per heavy atom. The van der Waals surface area contributed by atoms with Crippen LogP contribution in [0.4, 0.5) is 0 Å². The van der Waals surface area contributed by atoms with E-state index < -0.39 is 46.6 Å². The number of imide groups is 2. The Morgan fingerprint density at radius 1 is 0.600 bits per heavy atom. The molecular weight excluding hydrogens is 522 g/mol. The minimum absolute atomic E-state index is 0.00502. The summed E-state index contributed by atoms with van der Waals surface area (Å²) in [5.41, 5.74) is -0.304. The van der Waals surface area contributed by atoms with Crippen LogP contribution in [0.15, 0.2) is 48.5 Å². The van der Waals surface area contributed by atoms with Gasteiger partial charge < -0.3 is 9.68 Å². The highest BCUT2D eigenvalue weighted by molar-refractivity contribution is 6.03. The minimum Gasteiger partial charge on any atom is -0.325 e. The lowest BCUT2D eigenvalue weighted by molar-refractivity contribution is -0.260. The van der Waals surface area contributed by atoms with Gasteiger partial charge in [0.2, 0.25) is 0 Å². The number of rotatable bonds is 6. The minimum atomic E-state index is -0.938. The summed E-state index contributed by atoms with van der Waals surface area (Å²) in [4.78, 5) is 81.7. The second kappa shape index (κ2) is 9.96. The SMILES string of the molecule is CC1(c2ccc(C(=O)ON3C(=O)CCC3=O)cc2)CCC(C)(c2ccc(C(=O)ON3C(=O)CCC3=O)cc2)N1[O]. The Balaban J connectivity index is 1.28. The first-order valence-corrected chi connectivity index (χ1v) is 12.8. The molecule has 12 nitrogen and oxygen atoms in total. The summed E-state index contributed by atoms with van der Waals surface area (Å²) in [6, 6.07) is 12.5. The molecule has 0 bridgehead atoms. The zero-order chi connectivity index (χ0) is 28.8. The first-order valence-electron chi connectivity index (χ1n) is 12.8. The number of benzene rings is 2. The van der Waals surface area contributed by atoms with Crippen molar-refractivity contribution in [1.82, 2.24) is 15.2 Å². The van der Waals surface area contributed by atoms with Crippen molar-refractivity contribution in [3.63, 3.8) is 0 Å². The van der Waals surface area contributed by atoms with Crippen LogP contribution in [0.3, 0.4) is 0 Å². The van der Waals surface area contributed by atoms with Gasteiger partial charge in [-0.05, 0) is 62.1 Å². The lowest BCUT2D eigenvalue weighted by Crippen LogP contribution is -2.44. The highest BCUT2D eigenvalue weighted by Crippen LogP contribution is 2.51. The van der Waals surface area contributed by atoms with Crippen LogP contribution in [-0.4, -0.2) is 50.8 Å². The molecule has 3 saturated heterocycles. The lowest BCUT2D eigenvalue weighted by atomic mass is 9.89. The number of hydroxylamine groups is 6. The van der Waals surface area contributed by atoms with Crippen molar-refractivity contribution in [3.05, 3.63) is 70.8 Å². The van der Waals surface area contributed by atoms with Crippen molar-refractivity contribution in [2.45, 2.75) is 63.5 Å². The van der Waals surface area contributed by atoms with E-state index in [2.05, 4.69) is 0 Å². The first-order chi connectivity index (χ1) is 18.9. The zero-order valence-corrected chi connectivity index (χ0v) is 21.9. The van der Waals surface area contributed by atoms with Crippen LogP contribution in [0.5, 0.6) is 0 Å². The smallest absolute Gasteiger partial charge is 0.325 e. The third-order valence-electron chi connectivity index (χ3n) is 7.84. The summed E-state index contributed by atoms with van der Waals surface area (Å²) in [6.45, 7) is 3.60. The Kier molecular flexibility index (Phi) is 6.76. The van der Waals surface area contributed by atoms with Crippen LogP contribution >= 0.6 is 0 Å². The topological polar surface area (TPSA) is 150 Å². The fourth-order valence-electron chi connectivity index (χ4n) is 5.28. The number of carbonyl (C=O) groups is 6. The summed E-state index contributed by atoms with van der Waals surface area (Å²) >= 11 is 0. The standard InChI is InChI=1S/C28H26N3O9/c1-27(19-7-3-17(4-8-19)25(36)39-29-21(32)11-12-22(29)33)15-16-28(2,31(27)38)20-9-5-18(6-10-20)26(37)40-30-23(34)13-14-24(30)35/h3-10H,11-16H2,1-2H3. The predicted octanol–water partition coefficient (Wildman–Crippen LogP) is 2.70. The molecule has 3 aliphatic heterocycles. The number of hydrogen-bond donors (Lipinski definition) is 0. The first kappa shape index (κ1) is 27.2. The molecule has 3 heterocycles. The van der Waals surface area contributed by atoms with E-state index in [9.17, 15) is 34.0 Å². The van der Waals surface area contributed by atoms with E-state index in [0.29, 0.717) is 34.1 Å². The molecule has 0 aromatic heterocycles. The summed E-state index contributed by atoms with van der Waals surface area (Å²) in [7, 11) is 0. The third kappa shape index (κ3) is 4.54. The van der Waals surface area contributed by atoms with Crippen molar-refractivity contribution >= 4 is 35.6 Å². The van der Waals surface area contributed by atoms with Gasteiger partial charge in [-0.2, -0.15) is 0 Å². The molecule has 1 radical (unpaired) electrons. The van der Waals surface area contributed by atoms with Crippen molar-refractivity contribution in [3.8, 4) is 0 Å². The van der Waals surface area contributed by atoms with Gasteiger partial charge in [0.1, 0.15) is 0 Å². The maximum atomic E-state index is 13.8. The summed E-state index contributed by atoms with van der Waals surface area (Å²) in [5.74, 6) is -4.00. The van der Waals surface area contributed by atoms with Gasteiger partial charge in [0.25, 0.3) is 23.6 Å². The van der Waals surface area contributed by atoms with E-state index in [1.54, 1.807) is 38.1 Å². The molecule has 0 spiro atoms. The second-order valence-corrected chi connectivity index (χ2v) is 10.4. The van der Waals surface area contributed by atoms with Crippen LogP contribution in [0.2, 0.25) is 0 Å². The van der Waals surface area contributed by atoms with Crippen molar-refractivity contribution in [1.29, 1.82) is 0 Å². The molecule has 2 aromatic rings. The highest BCUT2D eigenvalue weighted by atomic mass is 16.7. The van der Waals surface area contributed by atoms with E-state index in [4.69, 9.17) is 9.68 Å². The summed E-state index contributed by atoms with van der Waals surface area (Å²) in [6.07, 6.45) is 0.973. The van der Waals surface area contributed by atoms with Crippen LogP contribution < -0.4 is 0 Å². The van der Waals surface area contributed by atoms with Crippen molar-refractivity contribution < 1.29 is 43.6 Å². The van der Waals surface area contributed by atoms with Crippen LogP contribution in [0.1, 0.15) is 84.2 Å². The lowest BCUT2D eigenvalue weighted by Gasteiger charge is -2.37. The van der Waals surface area contributed by atoms with Gasteiger partial charge >= 0.3 is 11.9 Å². The molecule has 207 valence electrons. The zero-order valence-electron chi connectivity index (χ0n) is 21.9. The summed E-state index contributed by atoms with van der Waals surface area (Å²) < 4.78 is 0. The average molecular weight is 549 g/mol. The molecule has 12 heteroatoms. The molecule has 0 N–H and O–H groups in total. The van der Waals surface area contributed by atoms with Gasteiger partial charge in [-0.15, -0.1) is 20.4 Å². The number of carbonyl (C=O) groups excluding carboxylic acids is 6. The quantitative estimate of drug-likeness (QED) is 0.496. The Hall–Kier alpha value is -4.42.